The van der Waals surface area contributed by atoms with Crippen LogP contribution in [0, 0.1) is 5.82 Å². The molecule has 0 unspecified atom stereocenters. The molecule has 0 radical (unpaired) electrons. The Bertz CT molecular complexity index is 350. The number of alkyl halides is 3. The lowest BCUT2D eigenvalue weighted by atomic mass is 10.0. The summed E-state index contributed by atoms with van der Waals surface area (Å²) in [6.07, 6.45) is -5.45. The van der Waals surface area contributed by atoms with Gasteiger partial charge >= 0.3 is 6.18 Å². The van der Waals surface area contributed by atoms with Crippen molar-refractivity contribution in [2.24, 2.45) is 5.73 Å². The van der Waals surface area contributed by atoms with E-state index >= 15 is 0 Å². The highest BCUT2D eigenvalue weighted by Crippen LogP contribution is 2.27. The first-order valence-corrected chi connectivity index (χ1v) is 5.35. The number of halogens is 6. The number of hydrogen-bond acceptors (Lipinski definition) is 1. The Labute approximate surface area is 111 Å². The number of nitrogens with two attached hydrogens (primary N) is 1. The second-order valence-corrected chi connectivity index (χ2v) is 4.38. The zero-order valence-corrected chi connectivity index (χ0v) is 11.0. The van der Waals surface area contributed by atoms with Crippen molar-refractivity contribution in [3.05, 3.63) is 34.1 Å². The van der Waals surface area contributed by atoms with Crippen molar-refractivity contribution in [1.29, 1.82) is 0 Å². The Kier molecular flexibility index (Phi) is 6.43. The first-order valence-electron chi connectivity index (χ1n) is 4.56. The van der Waals surface area contributed by atoms with Crippen molar-refractivity contribution in [2.45, 2.75) is 25.1 Å². The zero-order valence-electron chi connectivity index (χ0n) is 8.60. The first-order chi connectivity index (χ1) is 7.28. The highest BCUT2D eigenvalue weighted by molar-refractivity contribution is 9.10. The molecule has 0 saturated heterocycles. The van der Waals surface area contributed by atoms with E-state index in [2.05, 4.69) is 15.9 Å². The zero-order chi connectivity index (χ0) is 12.3. The van der Waals surface area contributed by atoms with E-state index < -0.39 is 24.5 Å². The van der Waals surface area contributed by atoms with Crippen molar-refractivity contribution < 1.29 is 17.6 Å². The molecule has 2 N–H and O–H groups in total. The maximum absolute atomic E-state index is 13.0. The monoisotopic (exact) mass is 335 g/mol. The fraction of sp³-hybridized carbons (Fsp3) is 0.400. The van der Waals surface area contributed by atoms with Gasteiger partial charge in [0.1, 0.15) is 5.82 Å². The van der Waals surface area contributed by atoms with E-state index in [0.29, 0.717) is 10.0 Å². The molecule has 0 amide bonds. The summed E-state index contributed by atoms with van der Waals surface area (Å²) in [5, 5.41) is 0. The van der Waals surface area contributed by atoms with Crippen LogP contribution >= 0.6 is 28.3 Å². The molecule has 0 aliphatic heterocycles. The normalized spacial score (nSPS) is 13.1. The van der Waals surface area contributed by atoms with Gasteiger partial charge in [-0.25, -0.2) is 4.39 Å². The van der Waals surface area contributed by atoms with Gasteiger partial charge in [0.05, 0.1) is 0 Å². The largest absolute Gasteiger partial charge is 0.389 e. The van der Waals surface area contributed by atoms with Gasteiger partial charge in [-0.2, -0.15) is 13.2 Å². The Morgan fingerprint density at radius 3 is 2.29 bits per heavy atom. The molecule has 0 aromatic heterocycles. The third kappa shape index (κ3) is 6.24. The predicted molar refractivity (Wildman–Crippen MR) is 63.6 cm³/mol. The fourth-order valence-corrected chi connectivity index (χ4v) is 1.76. The van der Waals surface area contributed by atoms with Gasteiger partial charge < -0.3 is 5.73 Å². The molecule has 1 aromatic carbocycles. The van der Waals surface area contributed by atoms with Crippen LogP contribution in [0.2, 0.25) is 0 Å². The van der Waals surface area contributed by atoms with Gasteiger partial charge in [-0.15, -0.1) is 12.4 Å². The van der Waals surface area contributed by atoms with Crippen molar-refractivity contribution >= 4 is 28.3 Å². The summed E-state index contributed by atoms with van der Waals surface area (Å²) in [4.78, 5) is 0. The van der Waals surface area contributed by atoms with E-state index in [1.54, 1.807) is 0 Å². The van der Waals surface area contributed by atoms with Crippen molar-refractivity contribution in [3.8, 4) is 0 Å². The summed E-state index contributed by atoms with van der Waals surface area (Å²) in [5.41, 5.74) is 5.91. The van der Waals surface area contributed by atoms with Crippen molar-refractivity contribution in [1.82, 2.24) is 0 Å². The van der Waals surface area contributed by atoms with Crippen molar-refractivity contribution in [3.63, 3.8) is 0 Å². The number of benzene rings is 1. The van der Waals surface area contributed by atoms with Gasteiger partial charge in [-0.1, -0.05) is 15.9 Å². The van der Waals surface area contributed by atoms with Crippen LogP contribution in [-0.4, -0.2) is 6.18 Å². The standard InChI is InChI=1S/C10H10BrF4N.ClH/c11-7-3-6(4-8(12)5-7)9(16)1-2-10(13,14)15;/h3-5,9H,1-2,16H2;1H/t9-;/m0./s1. The van der Waals surface area contributed by atoms with E-state index in [1.807, 2.05) is 0 Å². The second-order valence-electron chi connectivity index (χ2n) is 3.46. The first kappa shape index (κ1) is 16.7. The minimum absolute atomic E-state index is 0. The average Bonchev–Trinajstić information content (AvgIpc) is 2.11. The van der Waals surface area contributed by atoms with Gasteiger partial charge in [0.15, 0.2) is 0 Å². The second kappa shape index (κ2) is 6.56. The fourth-order valence-electron chi connectivity index (χ4n) is 1.28. The summed E-state index contributed by atoms with van der Waals surface area (Å²) >= 11 is 3.05. The van der Waals surface area contributed by atoms with Crippen LogP contribution < -0.4 is 5.73 Å². The topological polar surface area (TPSA) is 26.0 Å². The Hall–Kier alpha value is -0.330. The third-order valence-corrected chi connectivity index (χ3v) is 2.51. The molecule has 1 aromatic rings. The highest BCUT2D eigenvalue weighted by atomic mass is 79.9. The molecule has 0 aliphatic carbocycles. The van der Waals surface area contributed by atoms with Crippen LogP contribution in [-0.2, 0) is 0 Å². The lowest BCUT2D eigenvalue weighted by Crippen LogP contribution is -2.16. The average molecular weight is 337 g/mol. The molecule has 0 spiro atoms. The predicted octanol–water partition coefficient (Wildman–Crippen LogP) is 4.35. The SMILES string of the molecule is Cl.N[C@@H](CCC(F)(F)F)c1cc(F)cc(Br)c1. The summed E-state index contributed by atoms with van der Waals surface area (Å²) in [6.45, 7) is 0. The van der Waals surface area contributed by atoms with Crippen LogP contribution in [0.25, 0.3) is 0 Å². The summed E-state index contributed by atoms with van der Waals surface area (Å²) in [6, 6.07) is 3.07. The maximum atomic E-state index is 13.0. The molecular formula is C10H11BrClF4N. The molecule has 0 saturated carbocycles. The molecule has 0 bridgehead atoms. The lowest BCUT2D eigenvalue weighted by Gasteiger charge is -2.14. The third-order valence-electron chi connectivity index (χ3n) is 2.05. The van der Waals surface area contributed by atoms with Crippen LogP contribution in [0.5, 0.6) is 0 Å². The van der Waals surface area contributed by atoms with Gasteiger partial charge in [0.2, 0.25) is 0 Å². The minimum Gasteiger partial charge on any atom is -0.324 e. The van der Waals surface area contributed by atoms with Gasteiger partial charge in [-0.05, 0) is 30.2 Å². The number of hydrogen-bond donors (Lipinski definition) is 1. The van der Waals surface area contributed by atoms with Crippen molar-refractivity contribution in [2.75, 3.05) is 0 Å². The van der Waals surface area contributed by atoms with Gasteiger partial charge in [-0.3, -0.25) is 0 Å². The van der Waals surface area contributed by atoms with Crippen LogP contribution in [0.3, 0.4) is 0 Å². The Balaban J connectivity index is 0.00000256. The Morgan fingerprint density at radius 1 is 1.24 bits per heavy atom. The molecule has 98 valence electrons. The molecule has 0 aliphatic rings. The molecular weight excluding hydrogens is 325 g/mol. The minimum atomic E-state index is -4.23. The number of rotatable bonds is 3. The van der Waals surface area contributed by atoms with E-state index in [1.165, 1.54) is 12.1 Å². The smallest absolute Gasteiger partial charge is 0.324 e. The van der Waals surface area contributed by atoms with Crippen LogP contribution in [0.15, 0.2) is 22.7 Å². The van der Waals surface area contributed by atoms with E-state index in [9.17, 15) is 17.6 Å². The highest BCUT2D eigenvalue weighted by Gasteiger charge is 2.27. The van der Waals surface area contributed by atoms with Crippen LogP contribution in [0.1, 0.15) is 24.4 Å². The molecule has 1 rings (SSSR count). The van der Waals surface area contributed by atoms with Gasteiger partial charge in [0, 0.05) is 16.9 Å². The molecule has 0 heterocycles. The maximum Gasteiger partial charge on any atom is 0.389 e. The van der Waals surface area contributed by atoms with E-state index in [4.69, 9.17) is 5.73 Å². The van der Waals surface area contributed by atoms with E-state index in [0.717, 1.165) is 6.07 Å². The molecule has 1 atom stereocenters. The molecule has 0 fully saturated rings. The van der Waals surface area contributed by atoms with Crippen LogP contribution in [0.4, 0.5) is 17.6 Å². The van der Waals surface area contributed by atoms with Gasteiger partial charge in [0.25, 0.3) is 0 Å². The summed E-state index contributed by atoms with van der Waals surface area (Å²) in [5.74, 6) is -0.521. The lowest BCUT2D eigenvalue weighted by molar-refractivity contribution is -0.136. The van der Waals surface area contributed by atoms with E-state index in [-0.39, 0.29) is 18.8 Å². The molecule has 7 heteroatoms. The Morgan fingerprint density at radius 2 is 1.82 bits per heavy atom. The molecule has 1 nitrogen and oxygen atoms in total. The summed E-state index contributed by atoms with van der Waals surface area (Å²) < 4.78 is 49.3. The summed E-state index contributed by atoms with van der Waals surface area (Å²) in [7, 11) is 0. The quantitative estimate of drug-likeness (QED) is 0.816. The molecule has 17 heavy (non-hydrogen) atoms.